The summed E-state index contributed by atoms with van der Waals surface area (Å²) in [4.78, 5) is 39.8. The van der Waals surface area contributed by atoms with Crippen LogP contribution in [-0.4, -0.2) is 29.1 Å². The van der Waals surface area contributed by atoms with Gasteiger partial charge in [-0.05, 0) is 58.2 Å². The van der Waals surface area contributed by atoms with Crippen LogP contribution in [0.2, 0.25) is 0 Å². The van der Waals surface area contributed by atoms with Crippen LogP contribution in [0, 0.1) is 24.2 Å². The van der Waals surface area contributed by atoms with Crippen molar-refractivity contribution in [3.63, 3.8) is 0 Å². The molecule has 0 aliphatic carbocycles. The van der Waals surface area contributed by atoms with Crippen LogP contribution in [-0.2, 0) is 14.1 Å². The lowest BCUT2D eigenvalue weighted by atomic mass is 10.1. The lowest BCUT2D eigenvalue weighted by Crippen LogP contribution is -2.16. The summed E-state index contributed by atoms with van der Waals surface area (Å²) >= 11 is 6.27. The second kappa shape index (κ2) is 12.9. The van der Waals surface area contributed by atoms with Crippen molar-refractivity contribution in [2.75, 3.05) is 0 Å². The maximum Gasteiger partial charge on any atom is 0.260 e. The highest BCUT2D eigenvalue weighted by atomic mass is 79.9. The van der Waals surface area contributed by atoms with Gasteiger partial charge in [0.15, 0.2) is 8.92 Å². The minimum atomic E-state index is -0.0569. The number of terminal acetylenes is 1. The molecule has 0 atom stereocenters. The number of benzene rings is 2. The van der Waals surface area contributed by atoms with Crippen molar-refractivity contribution >= 4 is 60.4 Å². The summed E-state index contributed by atoms with van der Waals surface area (Å²) in [5.41, 5.74) is 2.75. The molecule has 6 rings (SSSR count). The Labute approximate surface area is 239 Å². The van der Waals surface area contributed by atoms with Crippen LogP contribution >= 0.6 is 38.6 Å². The maximum atomic E-state index is 11.9. The van der Waals surface area contributed by atoms with Gasteiger partial charge in [0.2, 0.25) is 0 Å². The summed E-state index contributed by atoms with van der Waals surface area (Å²) in [7, 11) is 3.36. The van der Waals surface area contributed by atoms with E-state index in [1.165, 1.54) is 33.1 Å². The third-order valence-electron chi connectivity index (χ3n) is 5.15. The molecule has 0 aliphatic heterocycles. The molecule has 6 aromatic rings. The molecule has 8 nitrogen and oxygen atoms in total. The second-order valence-corrected chi connectivity index (χ2v) is 10.9. The molecule has 0 fully saturated rings. The van der Waals surface area contributed by atoms with Crippen molar-refractivity contribution in [3.8, 4) is 24.2 Å². The van der Waals surface area contributed by atoms with Crippen LogP contribution in [0.4, 0.5) is 0 Å². The average molecular weight is 616 g/mol. The minimum absolute atomic E-state index is 0.0515. The molecule has 0 saturated carbocycles. The molecule has 0 saturated heterocycles. The molecule has 39 heavy (non-hydrogen) atoms. The van der Waals surface area contributed by atoms with Crippen LogP contribution in [0.25, 0.3) is 21.8 Å². The Hall–Kier alpha value is -4.42. The molecule has 0 N–H and O–H groups in total. The van der Waals surface area contributed by atoms with E-state index in [9.17, 15) is 9.59 Å². The predicted octanol–water partition coefficient (Wildman–Crippen LogP) is 4.61. The summed E-state index contributed by atoms with van der Waals surface area (Å²) in [5, 5.41) is 5.77. The Morgan fingerprint density at radius 3 is 1.82 bits per heavy atom. The van der Waals surface area contributed by atoms with E-state index in [1.807, 2.05) is 22.9 Å². The van der Waals surface area contributed by atoms with Gasteiger partial charge in [0.25, 0.3) is 11.1 Å². The fraction of sp³-hybridized carbons (Fsp3) is 0.0714. The van der Waals surface area contributed by atoms with E-state index in [1.54, 1.807) is 62.1 Å². The van der Waals surface area contributed by atoms with Gasteiger partial charge in [0.1, 0.15) is 0 Å². The number of hydrogen-bond donors (Lipinski definition) is 0. The first kappa shape index (κ1) is 27.6. The molecule has 4 heterocycles. The summed E-state index contributed by atoms with van der Waals surface area (Å²) in [6, 6.07) is 10.6. The zero-order chi connectivity index (χ0) is 27.8. The number of nitrogens with zero attached hydrogens (tertiary/aromatic N) is 6. The SMILES string of the molecule is Brc1nccs1.C#Cc1ccc2c(=O)n(C)cnc2c1.Cn1cnc2cc(C#Cc3nccs3)ccc2c1=O. The highest BCUT2D eigenvalue weighted by molar-refractivity contribution is 9.11. The average Bonchev–Trinajstić information content (AvgIpc) is 3.66. The first-order chi connectivity index (χ1) is 18.9. The first-order valence-electron chi connectivity index (χ1n) is 11.2. The van der Waals surface area contributed by atoms with Gasteiger partial charge in [0.05, 0.1) is 34.5 Å². The quantitative estimate of drug-likeness (QED) is 0.232. The van der Waals surface area contributed by atoms with Crippen molar-refractivity contribution in [2.45, 2.75) is 0 Å². The fourth-order valence-electron chi connectivity index (χ4n) is 3.21. The van der Waals surface area contributed by atoms with Crippen molar-refractivity contribution in [1.29, 1.82) is 0 Å². The van der Waals surface area contributed by atoms with Crippen LogP contribution < -0.4 is 11.1 Å². The molecule has 192 valence electrons. The smallest absolute Gasteiger partial charge is 0.260 e. The second-order valence-electron chi connectivity index (χ2n) is 7.80. The lowest BCUT2D eigenvalue weighted by Gasteiger charge is -2.00. The minimum Gasteiger partial charge on any atom is -0.302 e. The topological polar surface area (TPSA) is 95.6 Å². The van der Waals surface area contributed by atoms with E-state index in [-0.39, 0.29) is 11.1 Å². The Kier molecular flexibility index (Phi) is 9.13. The number of halogens is 1. The van der Waals surface area contributed by atoms with Crippen molar-refractivity contribution in [1.82, 2.24) is 29.1 Å². The summed E-state index contributed by atoms with van der Waals surface area (Å²) in [5.74, 6) is 8.50. The molecular formula is C28H19BrN6O2S2. The standard InChI is InChI=1S/C14H9N3OS.C11H8N2O.C3H2BrNS/c1-17-9-16-12-8-10(2-4-11(12)14(17)18)3-5-13-15-6-7-19-13;1-3-8-4-5-9-10(6-8)12-7-13(2)11(9)14;4-3-5-1-2-6-3/h2,4,6-9H,1H3;1,4-7H,2H3;1-2H. The van der Waals surface area contributed by atoms with E-state index in [2.05, 4.69) is 53.6 Å². The fourth-order valence-corrected chi connectivity index (χ4v) is 4.49. The molecule has 0 bridgehead atoms. The summed E-state index contributed by atoms with van der Waals surface area (Å²) < 4.78 is 3.85. The number of fused-ring (bicyclic) bond motifs is 2. The monoisotopic (exact) mass is 614 g/mol. The molecule has 0 amide bonds. The molecule has 11 heteroatoms. The first-order valence-corrected chi connectivity index (χ1v) is 13.7. The van der Waals surface area contributed by atoms with E-state index in [0.717, 1.165) is 20.1 Å². The van der Waals surface area contributed by atoms with Gasteiger partial charge in [-0.3, -0.25) is 9.59 Å². The molecule has 2 aromatic carbocycles. The summed E-state index contributed by atoms with van der Waals surface area (Å²) in [6.45, 7) is 0. The maximum absolute atomic E-state index is 11.9. The number of aromatic nitrogens is 6. The lowest BCUT2D eigenvalue weighted by molar-refractivity contribution is 0.843. The highest BCUT2D eigenvalue weighted by Crippen LogP contribution is 2.11. The molecular weight excluding hydrogens is 596 g/mol. The molecule has 0 unspecified atom stereocenters. The van der Waals surface area contributed by atoms with Gasteiger partial charge >= 0.3 is 0 Å². The summed E-state index contributed by atoms with van der Waals surface area (Å²) in [6.07, 6.45) is 11.7. The normalized spacial score (nSPS) is 9.90. The zero-order valence-corrected chi connectivity index (χ0v) is 23.9. The Balaban J connectivity index is 0.000000154. The third kappa shape index (κ3) is 7.12. The van der Waals surface area contributed by atoms with E-state index >= 15 is 0 Å². The molecule has 0 aliphatic rings. The van der Waals surface area contributed by atoms with Gasteiger partial charge in [0, 0.05) is 48.4 Å². The van der Waals surface area contributed by atoms with Crippen LogP contribution in [0.3, 0.4) is 0 Å². The third-order valence-corrected chi connectivity index (χ3v) is 7.16. The molecule has 4 aromatic heterocycles. The van der Waals surface area contributed by atoms with Crippen LogP contribution in [0.1, 0.15) is 16.1 Å². The van der Waals surface area contributed by atoms with Gasteiger partial charge in [-0.15, -0.1) is 29.1 Å². The largest absolute Gasteiger partial charge is 0.302 e. The van der Waals surface area contributed by atoms with E-state index in [0.29, 0.717) is 21.8 Å². The number of hydrogen-bond acceptors (Lipinski definition) is 8. The molecule has 0 spiro atoms. The van der Waals surface area contributed by atoms with Crippen molar-refractivity contribution in [3.05, 3.63) is 113 Å². The van der Waals surface area contributed by atoms with Crippen LogP contribution in [0.5, 0.6) is 0 Å². The van der Waals surface area contributed by atoms with Gasteiger partial charge < -0.3 is 9.13 Å². The van der Waals surface area contributed by atoms with Gasteiger partial charge in [-0.25, -0.2) is 19.9 Å². The number of rotatable bonds is 0. The Morgan fingerprint density at radius 2 is 1.33 bits per heavy atom. The Bertz CT molecular complexity index is 1960. The predicted molar refractivity (Wildman–Crippen MR) is 160 cm³/mol. The Morgan fingerprint density at radius 1 is 0.769 bits per heavy atom. The van der Waals surface area contributed by atoms with Gasteiger partial charge in [-0.2, -0.15) is 0 Å². The van der Waals surface area contributed by atoms with E-state index < -0.39 is 0 Å². The number of thiazole rings is 2. The number of aryl methyl sites for hydroxylation is 2. The highest BCUT2D eigenvalue weighted by Gasteiger charge is 2.02. The van der Waals surface area contributed by atoms with Gasteiger partial charge in [-0.1, -0.05) is 11.8 Å². The molecule has 0 radical (unpaired) electrons. The zero-order valence-electron chi connectivity index (χ0n) is 20.7. The van der Waals surface area contributed by atoms with Crippen molar-refractivity contribution in [2.24, 2.45) is 14.1 Å². The van der Waals surface area contributed by atoms with Crippen LogP contribution in [0.15, 0.2) is 85.7 Å². The van der Waals surface area contributed by atoms with E-state index in [4.69, 9.17) is 6.42 Å². The van der Waals surface area contributed by atoms with Crippen molar-refractivity contribution < 1.29 is 0 Å².